The molecule has 0 aliphatic rings. The molecular formula is C9H6BrClIN3O. The van der Waals surface area contributed by atoms with E-state index in [9.17, 15) is 0 Å². The van der Waals surface area contributed by atoms with Crippen molar-refractivity contribution in [3.63, 3.8) is 0 Å². The number of halogens is 3. The summed E-state index contributed by atoms with van der Waals surface area (Å²) in [6, 6.07) is 1.88. The molecule has 1 aromatic carbocycles. The van der Waals surface area contributed by atoms with Gasteiger partial charge >= 0.3 is 0 Å². The van der Waals surface area contributed by atoms with E-state index in [2.05, 4.69) is 48.5 Å². The highest BCUT2D eigenvalue weighted by Gasteiger charge is 2.15. The number of fused-ring (bicyclic) bond motifs is 1. The molecule has 0 spiro atoms. The summed E-state index contributed by atoms with van der Waals surface area (Å²) in [6.45, 7) is 0. The first-order valence-corrected chi connectivity index (χ1v) is 6.44. The SMILES string of the molecule is COc1nc(Cl)nc2c(Br)cc(I)c(N)c12. The van der Waals surface area contributed by atoms with E-state index >= 15 is 0 Å². The number of rotatable bonds is 1. The van der Waals surface area contributed by atoms with Gasteiger partial charge in [-0.15, -0.1) is 0 Å². The maximum absolute atomic E-state index is 5.98. The van der Waals surface area contributed by atoms with Gasteiger partial charge in [-0.05, 0) is 56.2 Å². The number of anilines is 1. The minimum Gasteiger partial charge on any atom is -0.480 e. The second kappa shape index (κ2) is 4.50. The van der Waals surface area contributed by atoms with Crippen LogP contribution in [0.3, 0.4) is 0 Å². The number of nitrogen functional groups attached to an aromatic ring is 1. The van der Waals surface area contributed by atoms with Crippen LogP contribution in [0.5, 0.6) is 5.88 Å². The van der Waals surface area contributed by atoms with Gasteiger partial charge in [0.1, 0.15) is 0 Å². The fourth-order valence-electron chi connectivity index (χ4n) is 1.35. The van der Waals surface area contributed by atoms with E-state index in [-0.39, 0.29) is 5.28 Å². The largest absolute Gasteiger partial charge is 0.480 e. The normalized spacial score (nSPS) is 10.8. The highest BCUT2D eigenvalue weighted by atomic mass is 127. The number of nitrogens with two attached hydrogens (primary N) is 1. The first kappa shape index (κ1) is 12.1. The minimum absolute atomic E-state index is 0.130. The lowest BCUT2D eigenvalue weighted by atomic mass is 10.2. The van der Waals surface area contributed by atoms with Gasteiger partial charge in [0, 0.05) is 8.04 Å². The van der Waals surface area contributed by atoms with Crippen LogP contribution in [0.2, 0.25) is 5.28 Å². The summed E-state index contributed by atoms with van der Waals surface area (Å²) in [5.74, 6) is 0.381. The molecule has 1 heterocycles. The smallest absolute Gasteiger partial charge is 0.227 e. The van der Waals surface area contributed by atoms with Crippen molar-refractivity contribution >= 4 is 66.7 Å². The Morgan fingerprint density at radius 1 is 1.50 bits per heavy atom. The summed E-state index contributed by atoms with van der Waals surface area (Å²) < 4.78 is 6.87. The molecule has 1 aromatic heterocycles. The highest BCUT2D eigenvalue weighted by molar-refractivity contribution is 14.1. The molecule has 2 aromatic rings. The minimum atomic E-state index is 0.130. The number of ether oxygens (including phenoxy) is 1. The third-order valence-corrected chi connectivity index (χ3v) is 3.71. The molecule has 2 N–H and O–H groups in total. The summed E-state index contributed by atoms with van der Waals surface area (Å²) >= 11 is 11.4. The van der Waals surface area contributed by atoms with Crippen LogP contribution >= 0.6 is 50.1 Å². The molecule has 0 aliphatic heterocycles. The van der Waals surface area contributed by atoms with Crippen molar-refractivity contribution in [2.24, 2.45) is 0 Å². The van der Waals surface area contributed by atoms with Gasteiger partial charge in [0.2, 0.25) is 11.2 Å². The number of hydrogen-bond donors (Lipinski definition) is 1. The number of benzene rings is 1. The molecule has 0 saturated carbocycles. The van der Waals surface area contributed by atoms with Gasteiger partial charge < -0.3 is 10.5 Å². The molecule has 16 heavy (non-hydrogen) atoms. The van der Waals surface area contributed by atoms with Gasteiger partial charge in [-0.25, -0.2) is 4.98 Å². The first-order chi connectivity index (χ1) is 7.54. The molecule has 0 fully saturated rings. The van der Waals surface area contributed by atoms with Gasteiger partial charge in [0.05, 0.1) is 23.7 Å². The molecule has 0 aliphatic carbocycles. The summed E-state index contributed by atoms with van der Waals surface area (Å²) in [6.07, 6.45) is 0. The fourth-order valence-corrected chi connectivity index (χ4v) is 3.04. The number of nitrogens with zero attached hydrogens (tertiary/aromatic N) is 2. The quantitative estimate of drug-likeness (QED) is 0.442. The summed E-state index contributed by atoms with van der Waals surface area (Å²) in [4.78, 5) is 8.12. The number of methoxy groups -OCH3 is 1. The number of hydrogen-bond acceptors (Lipinski definition) is 4. The Bertz CT molecular complexity index is 578. The Hall–Kier alpha value is -0.340. The Morgan fingerprint density at radius 3 is 2.81 bits per heavy atom. The second-order valence-corrected chi connectivity index (χ2v) is 5.33. The van der Waals surface area contributed by atoms with Gasteiger partial charge in [0.15, 0.2) is 0 Å². The lowest BCUT2D eigenvalue weighted by Gasteiger charge is -2.09. The van der Waals surface area contributed by atoms with E-state index in [4.69, 9.17) is 22.1 Å². The molecule has 0 radical (unpaired) electrons. The summed E-state index contributed by atoms with van der Waals surface area (Å²) in [7, 11) is 1.52. The first-order valence-electron chi connectivity index (χ1n) is 4.19. The van der Waals surface area contributed by atoms with Gasteiger partial charge in [-0.2, -0.15) is 4.98 Å². The van der Waals surface area contributed by atoms with Crippen LogP contribution in [0.4, 0.5) is 5.69 Å². The average Bonchev–Trinajstić information content (AvgIpc) is 2.25. The third kappa shape index (κ3) is 1.93. The molecule has 0 bridgehead atoms. The predicted molar refractivity (Wildman–Crippen MR) is 75.9 cm³/mol. The van der Waals surface area contributed by atoms with Crippen LogP contribution in [0.15, 0.2) is 10.5 Å². The molecule has 0 saturated heterocycles. The molecule has 84 valence electrons. The van der Waals surface area contributed by atoms with Crippen molar-refractivity contribution in [1.29, 1.82) is 0 Å². The van der Waals surface area contributed by atoms with Crippen LogP contribution in [-0.4, -0.2) is 17.1 Å². The van der Waals surface area contributed by atoms with Crippen LogP contribution in [-0.2, 0) is 0 Å². The Kier molecular flexibility index (Phi) is 3.41. The van der Waals surface area contributed by atoms with E-state index in [1.807, 2.05) is 6.07 Å². The molecule has 0 atom stereocenters. The summed E-state index contributed by atoms with van der Waals surface area (Å²) in [5, 5.41) is 0.802. The van der Waals surface area contributed by atoms with E-state index in [1.165, 1.54) is 7.11 Å². The summed E-state index contributed by atoms with van der Waals surface area (Å²) in [5.41, 5.74) is 7.22. The van der Waals surface area contributed by atoms with Crippen LogP contribution in [0.1, 0.15) is 0 Å². The van der Waals surface area contributed by atoms with E-state index in [0.717, 1.165) is 8.04 Å². The zero-order valence-electron chi connectivity index (χ0n) is 8.09. The van der Waals surface area contributed by atoms with E-state index < -0.39 is 0 Å². The van der Waals surface area contributed by atoms with Crippen LogP contribution in [0, 0.1) is 3.57 Å². The molecule has 0 amide bonds. The van der Waals surface area contributed by atoms with Gasteiger partial charge in [-0.1, -0.05) is 0 Å². The average molecular weight is 414 g/mol. The molecule has 2 rings (SSSR count). The van der Waals surface area contributed by atoms with Crippen molar-refractivity contribution in [3.8, 4) is 5.88 Å². The van der Waals surface area contributed by atoms with Crippen LogP contribution in [0.25, 0.3) is 10.9 Å². The maximum Gasteiger partial charge on any atom is 0.227 e. The van der Waals surface area contributed by atoms with Gasteiger partial charge in [0.25, 0.3) is 0 Å². The standard InChI is InChI=1S/C9H6BrClIN3O/c1-16-8-5-6(13)4(12)2-3(10)7(5)14-9(11)15-8/h2H,13H2,1H3. The molecule has 4 nitrogen and oxygen atoms in total. The second-order valence-electron chi connectivity index (χ2n) is 2.98. The Balaban J connectivity index is 2.99. The predicted octanol–water partition coefficient (Wildman–Crippen LogP) is 3.24. The van der Waals surface area contributed by atoms with Crippen molar-refractivity contribution in [2.75, 3.05) is 12.8 Å². The maximum atomic E-state index is 5.98. The zero-order valence-corrected chi connectivity index (χ0v) is 12.6. The lowest BCUT2D eigenvalue weighted by Crippen LogP contribution is -1.99. The third-order valence-electron chi connectivity index (χ3n) is 2.05. The lowest BCUT2D eigenvalue weighted by molar-refractivity contribution is 0.403. The van der Waals surface area contributed by atoms with E-state index in [1.54, 1.807) is 0 Å². The molecule has 0 unspecified atom stereocenters. The molecule has 7 heteroatoms. The van der Waals surface area contributed by atoms with E-state index in [0.29, 0.717) is 22.5 Å². The van der Waals surface area contributed by atoms with Crippen LogP contribution < -0.4 is 10.5 Å². The fraction of sp³-hybridized carbons (Fsp3) is 0.111. The van der Waals surface area contributed by atoms with Crippen molar-refractivity contribution < 1.29 is 4.74 Å². The van der Waals surface area contributed by atoms with Gasteiger partial charge in [-0.3, -0.25) is 0 Å². The Morgan fingerprint density at radius 2 is 2.19 bits per heavy atom. The van der Waals surface area contributed by atoms with Crippen molar-refractivity contribution in [1.82, 2.24) is 9.97 Å². The monoisotopic (exact) mass is 413 g/mol. The molecular weight excluding hydrogens is 408 g/mol. The number of aromatic nitrogens is 2. The topological polar surface area (TPSA) is 61.0 Å². The highest BCUT2D eigenvalue weighted by Crippen LogP contribution is 2.36. The zero-order chi connectivity index (χ0) is 11.9. The Labute approximate surface area is 119 Å². The van der Waals surface area contributed by atoms with Crippen molar-refractivity contribution in [2.45, 2.75) is 0 Å². The van der Waals surface area contributed by atoms with Crippen molar-refractivity contribution in [3.05, 3.63) is 19.4 Å².